The van der Waals surface area contributed by atoms with E-state index in [1.807, 2.05) is 36.4 Å². The molecule has 0 unspecified atom stereocenters. The number of hydrogen-bond acceptors (Lipinski definition) is 5. The molecule has 2 aromatic carbocycles. The van der Waals surface area contributed by atoms with Crippen molar-refractivity contribution in [3.8, 4) is 5.69 Å². The third kappa shape index (κ3) is 4.76. The minimum atomic E-state index is -0.452. The number of carbonyl (C=O) groups is 1. The number of hydrogen-bond donors (Lipinski definition) is 0. The van der Waals surface area contributed by atoms with Gasteiger partial charge in [0.2, 0.25) is 0 Å². The van der Waals surface area contributed by atoms with Gasteiger partial charge in [0, 0.05) is 6.54 Å². The Bertz CT molecular complexity index is 1510. The molecule has 2 heterocycles. The first-order valence-electron chi connectivity index (χ1n) is 12.2. The van der Waals surface area contributed by atoms with E-state index in [4.69, 9.17) is 4.74 Å². The van der Waals surface area contributed by atoms with Crippen molar-refractivity contribution in [3.63, 3.8) is 0 Å². The largest absolute Gasteiger partial charge is 0.465 e. The molecule has 36 heavy (non-hydrogen) atoms. The van der Waals surface area contributed by atoms with E-state index in [-0.39, 0.29) is 6.54 Å². The molecule has 0 saturated heterocycles. The van der Waals surface area contributed by atoms with Crippen LogP contribution >= 0.6 is 0 Å². The molecule has 188 valence electrons. The van der Waals surface area contributed by atoms with Crippen LogP contribution < -0.4 is 11.2 Å². The molecule has 2 aromatic heterocycles. The summed E-state index contributed by atoms with van der Waals surface area (Å²) in [6, 6.07) is 14.9. The highest BCUT2D eigenvalue weighted by atomic mass is 16.5. The molecule has 0 aliphatic carbocycles. The van der Waals surface area contributed by atoms with E-state index in [0.717, 1.165) is 5.56 Å². The Hall–Kier alpha value is -3.94. The van der Waals surface area contributed by atoms with Crippen molar-refractivity contribution < 1.29 is 9.53 Å². The Morgan fingerprint density at radius 3 is 2.33 bits per heavy atom. The number of carbonyl (C=O) groups excluding carboxylic acids is 1. The number of benzene rings is 2. The highest BCUT2D eigenvalue weighted by Crippen LogP contribution is 2.20. The van der Waals surface area contributed by atoms with Crippen LogP contribution in [0.3, 0.4) is 0 Å². The van der Waals surface area contributed by atoms with Gasteiger partial charge in [-0.05, 0) is 47.6 Å². The number of imidazole rings is 1. The Morgan fingerprint density at radius 1 is 1.00 bits per heavy atom. The van der Waals surface area contributed by atoms with E-state index in [1.165, 1.54) is 16.2 Å². The van der Waals surface area contributed by atoms with Gasteiger partial charge in [-0.1, -0.05) is 58.0 Å². The Balaban J connectivity index is 1.93. The fourth-order valence-corrected chi connectivity index (χ4v) is 4.28. The van der Waals surface area contributed by atoms with Crippen molar-refractivity contribution in [2.24, 2.45) is 5.92 Å². The van der Waals surface area contributed by atoms with Gasteiger partial charge in [-0.2, -0.15) is 0 Å². The molecule has 0 N–H and O–H groups in total. The first kappa shape index (κ1) is 25.2. The molecule has 4 aromatic rings. The maximum atomic E-state index is 13.6. The lowest BCUT2D eigenvalue weighted by Crippen LogP contribution is -2.40. The Labute approximate surface area is 209 Å². The zero-order valence-corrected chi connectivity index (χ0v) is 21.4. The van der Waals surface area contributed by atoms with Crippen molar-refractivity contribution in [2.75, 3.05) is 7.11 Å². The van der Waals surface area contributed by atoms with Crippen molar-refractivity contribution in [3.05, 3.63) is 92.4 Å². The van der Waals surface area contributed by atoms with Gasteiger partial charge in [0.05, 0.1) is 31.2 Å². The SMILES string of the molecule is COC(=O)c1ccccc1Cn1cnc2c1c(=O)n(CCC(C)C)c(=O)n2-c1ccc(C(C)C)cc1. The van der Waals surface area contributed by atoms with E-state index >= 15 is 0 Å². The van der Waals surface area contributed by atoms with Crippen LogP contribution in [0.1, 0.15) is 61.5 Å². The van der Waals surface area contributed by atoms with Gasteiger partial charge in [0.1, 0.15) is 0 Å². The molecule has 0 aliphatic heterocycles. The van der Waals surface area contributed by atoms with Gasteiger partial charge in [-0.25, -0.2) is 19.1 Å². The third-order valence-electron chi connectivity index (χ3n) is 6.41. The summed E-state index contributed by atoms with van der Waals surface area (Å²) in [7, 11) is 1.34. The van der Waals surface area contributed by atoms with E-state index in [1.54, 1.807) is 23.0 Å². The third-order valence-corrected chi connectivity index (χ3v) is 6.41. The standard InChI is InChI=1S/C28H32N4O4/c1-18(2)14-15-31-26(33)24-25(32(28(31)35)22-12-10-20(11-13-22)19(3)4)29-17-30(24)16-21-8-6-7-9-23(21)27(34)36-5/h6-13,17-19H,14-16H2,1-5H3. The highest BCUT2D eigenvalue weighted by molar-refractivity contribution is 5.91. The second kappa shape index (κ2) is 10.4. The van der Waals surface area contributed by atoms with Crippen LogP contribution in [-0.2, 0) is 17.8 Å². The lowest BCUT2D eigenvalue weighted by molar-refractivity contribution is 0.0599. The number of ether oxygens (including phenoxy) is 1. The van der Waals surface area contributed by atoms with Crippen LogP contribution in [0.2, 0.25) is 0 Å². The average molecular weight is 489 g/mol. The molecule has 4 rings (SSSR count). The van der Waals surface area contributed by atoms with Crippen LogP contribution in [0.15, 0.2) is 64.4 Å². The number of nitrogens with zero attached hydrogens (tertiary/aromatic N) is 4. The molecule has 0 aliphatic rings. The molecule has 0 saturated carbocycles. The van der Waals surface area contributed by atoms with Gasteiger partial charge in [0.25, 0.3) is 5.56 Å². The Kier molecular flexibility index (Phi) is 7.24. The molecule has 8 nitrogen and oxygen atoms in total. The molecule has 0 fully saturated rings. The van der Waals surface area contributed by atoms with Gasteiger partial charge < -0.3 is 9.30 Å². The quantitative estimate of drug-likeness (QED) is 0.344. The topological polar surface area (TPSA) is 88.1 Å². The zero-order valence-electron chi connectivity index (χ0n) is 21.4. The van der Waals surface area contributed by atoms with Crippen LogP contribution in [0.4, 0.5) is 0 Å². The number of fused-ring (bicyclic) bond motifs is 1. The van der Waals surface area contributed by atoms with Gasteiger partial charge >= 0.3 is 11.7 Å². The summed E-state index contributed by atoms with van der Waals surface area (Å²) < 4.78 is 9.42. The summed E-state index contributed by atoms with van der Waals surface area (Å²) >= 11 is 0. The fourth-order valence-electron chi connectivity index (χ4n) is 4.28. The van der Waals surface area contributed by atoms with Crippen LogP contribution in [-0.4, -0.2) is 31.8 Å². The van der Waals surface area contributed by atoms with Crippen LogP contribution in [0, 0.1) is 5.92 Å². The van der Waals surface area contributed by atoms with E-state index < -0.39 is 17.2 Å². The van der Waals surface area contributed by atoms with Gasteiger partial charge in [-0.3, -0.25) is 9.36 Å². The molecule has 0 amide bonds. The van der Waals surface area contributed by atoms with E-state index in [0.29, 0.717) is 52.8 Å². The monoisotopic (exact) mass is 488 g/mol. The minimum absolute atomic E-state index is 0.228. The lowest BCUT2D eigenvalue weighted by atomic mass is 10.0. The van der Waals surface area contributed by atoms with Gasteiger partial charge in [-0.15, -0.1) is 0 Å². The highest BCUT2D eigenvalue weighted by Gasteiger charge is 2.21. The average Bonchev–Trinajstić information content (AvgIpc) is 3.27. The predicted molar refractivity (Wildman–Crippen MR) is 140 cm³/mol. The summed E-state index contributed by atoms with van der Waals surface area (Å²) in [5.74, 6) is 0.221. The molecular weight excluding hydrogens is 456 g/mol. The van der Waals surface area contributed by atoms with Crippen LogP contribution in [0.25, 0.3) is 16.9 Å². The molecule has 0 atom stereocenters. The van der Waals surface area contributed by atoms with Crippen molar-refractivity contribution >= 4 is 17.1 Å². The molecule has 0 bridgehead atoms. The second-order valence-electron chi connectivity index (χ2n) is 9.70. The smallest absolute Gasteiger partial charge is 0.338 e. The summed E-state index contributed by atoms with van der Waals surface area (Å²) in [5, 5.41) is 0. The predicted octanol–water partition coefficient (Wildman–Crippen LogP) is 4.35. The maximum absolute atomic E-state index is 13.6. The first-order valence-corrected chi connectivity index (χ1v) is 12.2. The molecule has 0 radical (unpaired) electrons. The van der Waals surface area contributed by atoms with Crippen LogP contribution in [0.5, 0.6) is 0 Å². The first-order chi connectivity index (χ1) is 17.2. The lowest BCUT2D eigenvalue weighted by Gasteiger charge is -2.15. The maximum Gasteiger partial charge on any atom is 0.338 e. The number of methoxy groups -OCH3 is 1. The van der Waals surface area contributed by atoms with E-state index in [9.17, 15) is 14.4 Å². The Morgan fingerprint density at radius 2 is 1.69 bits per heavy atom. The number of rotatable bonds is 8. The summed E-state index contributed by atoms with van der Waals surface area (Å²) in [6.07, 6.45) is 2.23. The van der Waals surface area contributed by atoms with Crippen molar-refractivity contribution in [1.82, 2.24) is 18.7 Å². The second-order valence-corrected chi connectivity index (χ2v) is 9.70. The molecule has 8 heteroatoms. The molecule has 0 spiro atoms. The van der Waals surface area contributed by atoms with E-state index in [2.05, 4.69) is 32.7 Å². The van der Waals surface area contributed by atoms with Gasteiger partial charge in [0.15, 0.2) is 11.2 Å². The number of esters is 1. The minimum Gasteiger partial charge on any atom is -0.465 e. The van der Waals surface area contributed by atoms with Crippen molar-refractivity contribution in [2.45, 2.75) is 53.1 Å². The molecular formula is C28H32N4O4. The normalized spacial score (nSPS) is 11.5. The van der Waals surface area contributed by atoms with Crippen molar-refractivity contribution in [1.29, 1.82) is 0 Å². The fraction of sp³-hybridized carbons (Fsp3) is 0.357. The summed E-state index contributed by atoms with van der Waals surface area (Å²) in [4.78, 5) is 44.0. The zero-order chi connectivity index (χ0) is 26.0. The summed E-state index contributed by atoms with van der Waals surface area (Å²) in [6.45, 7) is 8.87. The summed E-state index contributed by atoms with van der Waals surface area (Å²) in [5.41, 5.74) is 2.71. The number of aromatic nitrogens is 4.